The number of ketones is 1. The lowest BCUT2D eigenvalue weighted by atomic mass is 10.00. The van der Waals surface area contributed by atoms with Gasteiger partial charge in [0.2, 0.25) is 11.7 Å². The molecule has 1 amide bonds. The van der Waals surface area contributed by atoms with Crippen LogP contribution in [0.15, 0.2) is 41.8 Å². The van der Waals surface area contributed by atoms with E-state index in [0.29, 0.717) is 5.02 Å². The molecule has 1 aromatic rings. The van der Waals surface area contributed by atoms with Crippen molar-refractivity contribution in [1.29, 1.82) is 0 Å². The number of nitrogens with two attached hydrogens (primary N) is 1. The predicted octanol–water partition coefficient (Wildman–Crippen LogP) is 2.00. The standard InChI is InChI=1S/C14H10Cl2N2O3/c15-6-1-2-7(9(16)5-6)12(20)13-11(17)8-3-4-10(19)18-14(8)21-13/h1-5,8,14H,17H2,(H,18,19). The molecule has 0 saturated carbocycles. The van der Waals surface area contributed by atoms with E-state index in [2.05, 4.69) is 5.32 Å². The molecule has 0 radical (unpaired) electrons. The minimum atomic E-state index is -0.660. The van der Waals surface area contributed by atoms with Gasteiger partial charge in [0, 0.05) is 10.6 Å². The SMILES string of the molecule is NC1=C(C(=O)c2ccc(Cl)cc2Cl)OC2NC(=O)C=CC12. The van der Waals surface area contributed by atoms with Gasteiger partial charge in [-0.25, -0.2) is 0 Å². The first kappa shape index (κ1) is 14.0. The van der Waals surface area contributed by atoms with Crippen molar-refractivity contribution < 1.29 is 14.3 Å². The summed E-state index contributed by atoms with van der Waals surface area (Å²) in [6.45, 7) is 0. The number of nitrogens with one attached hydrogen (secondary N) is 1. The Morgan fingerprint density at radius 3 is 2.81 bits per heavy atom. The molecule has 2 atom stereocenters. The van der Waals surface area contributed by atoms with Crippen molar-refractivity contribution in [1.82, 2.24) is 5.32 Å². The number of rotatable bonds is 2. The van der Waals surface area contributed by atoms with Crippen LogP contribution in [-0.4, -0.2) is 17.9 Å². The number of halogens is 2. The first-order chi connectivity index (χ1) is 9.97. The van der Waals surface area contributed by atoms with Crippen molar-refractivity contribution >= 4 is 34.9 Å². The Hall–Kier alpha value is -1.98. The highest BCUT2D eigenvalue weighted by atomic mass is 35.5. The normalized spacial score (nSPS) is 23.6. The Morgan fingerprint density at radius 1 is 1.33 bits per heavy atom. The highest BCUT2D eigenvalue weighted by Crippen LogP contribution is 2.33. The number of allylic oxidation sites excluding steroid dienone is 1. The molecule has 1 aromatic carbocycles. The molecule has 0 aromatic heterocycles. The molecule has 5 nitrogen and oxygen atoms in total. The number of Topliss-reactive ketones (excluding diaryl/α,β-unsaturated/α-hetero) is 1. The van der Waals surface area contributed by atoms with Gasteiger partial charge < -0.3 is 15.8 Å². The van der Waals surface area contributed by atoms with Crippen LogP contribution in [0.25, 0.3) is 0 Å². The Bertz CT molecular complexity index is 712. The van der Waals surface area contributed by atoms with Crippen LogP contribution in [0.1, 0.15) is 10.4 Å². The molecule has 0 fully saturated rings. The minimum absolute atomic E-state index is 0.000993. The summed E-state index contributed by atoms with van der Waals surface area (Å²) in [6.07, 6.45) is 2.32. The van der Waals surface area contributed by atoms with Crippen LogP contribution in [0.5, 0.6) is 0 Å². The summed E-state index contributed by atoms with van der Waals surface area (Å²) in [5.74, 6) is -1.08. The molecule has 2 aliphatic heterocycles. The van der Waals surface area contributed by atoms with E-state index in [1.807, 2.05) is 0 Å². The smallest absolute Gasteiger partial charge is 0.246 e. The van der Waals surface area contributed by atoms with Crippen LogP contribution < -0.4 is 11.1 Å². The number of ether oxygens (including phenoxy) is 1. The van der Waals surface area contributed by atoms with Crippen LogP contribution in [0.3, 0.4) is 0 Å². The van der Waals surface area contributed by atoms with Gasteiger partial charge in [-0.1, -0.05) is 29.3 Å². The third-order valence-electron chi connectivity index (χ3n) is 3.31. The van der Waals surface area contributed by atoms with Gasteiger partial charge >= 0.3 is 0 Å². The molecule has 0 saturated heterocycles. The van der Waals surface area contributed by atoms with Crippen molar-refractivity contribution in [3.63, 3.8) is 0 Å². The van der Waals surface area contributed by atoms with E-state index < -0.39 is 12.0 Å². The lowest BCUT2D eigenvalue weighted by Crippen LogP contribution is -2.41. The Balaban J connectivity index is 1.94. The lowest BCUT2D eigenvalue weighted by Gasteiger charge is -2.21. The van der Waals surface area contributed by atoms with Crippen LogP contribution in [0, 0.1) is 5.92 Å². The van der Waals surface area contributed by atoms with Gasteiger partial charge in [0.15, 0.2) is 12.0 Å². The highest BCUT2D eigenvalue weighted by Gasteiger charge is 2.39. The molecular formula is C14H10Cl2N2O3. The van der Waals surface area contributed by atoms with Crippen LogP contribution in [0.2, 0.25) is 10.0 Å². The number of carbonyl (C=O) groups excluding carboxylic acids is 2. The first-order valence-corrected chi connectivity index (χ1v) is 6.87. The quantitative estimate of drug-likeness (QED) is 0.815. The summed E-state index contributed by atoms with van der Waals surface area (Å²) < 4.78 is 5.48. The van der Waals surface area contributed by atoms with Crippen LogP contribution in [0.4, 0.5) is 0 Å². The second kappa shape index (κ2) is 5.09. The predicted molar refractivity (Wildman–Crippen MR) is 77.7 cm³/mol. The summed E-state index contributed by atoms with van der Waals surface area (Å²) in [4.78, 5) is 23.8. The van der Waals surface area contributed by atoms with Crippen LogP contribution >= 0.6 is 23.2 Å². The largest absolute Gasteiger partial charge is 0.464 e. The number of amides is 1. The molecular weight excluding hydrogens is 315 g/mol. The van der Waals surface area contributed by atoms with E-state index in [9.17, 15) is 9.59 Å². The average Bonchev–Trinajstić information content (AvgIpc) is 2.75. The molecule has 0 aliphatic carbocycles. The fraction of sp³-hybridized carbons (Fsp3) is 0.143. The summed E-state index contributed by atoms with van der Waals surface area (Å²) in [6, 6.07) is 4.53. The summed E-state index contributed by atoms with van der Waals surface area (Å²) in [7, 11) is 0. The average molecular weight is 325 g/mol. The van der Waals surface area contributed by atoms with Crippen molar-refractivity contribution in [2.24, 2.45) is 11.7 Å². The molecule has 21 heavy (non-hydrogen) atoms. The number of hydrogen-bond donors (Lipinski definition) is 2. The van der Waals surface area contributed by atoms with Gasteiger partial charge in [-0.05, 0) is 24.3 Å². The second-order valence-corrected chi connectivity index (χ2v) is 5.51. The minimum Gasteiger partial charge on any atom is -0.464 e. The zero-order valence-corrected chi connectivity index (χ0v) is 12.1. The summed E-state index contributed by atoms with van der Waals surface area (Å²) in [5, 5.41) is 3.23. The topological polar surface area (TPSA) is 81.4 Å². The third kappa shape index (κ3) is 2.39. The molecule has 7 heteroatoms. The molecule has 2 aliphatic rings. The maximum atomic E-state index is 12.5. The van der Waals surface area contributed by atoms with Gasteiger partial charge in [0.25, 0.3) is 0 Å². The Morgan fingerprint density at radius 2 is 2.10 bits per heavy atom. The van der Waals surface area contributed by atoms with E-state index in [1.54, 1.807) is 12.1 Å². The van der Waals surface area contributed by atoms with Gasteiger partial charge in [0.05, 0.1) is 16.6 Å². The number of benzene rings is 1. The maximum absolute atomic E-state index is 12.5. The molecule has 3 N–H and O–H groups in total. The van der Waals surface area contributed by atoms with Crippen molar-refractivity contribution in [2.45, 2.75) is 6.23 Å². The molecule has 0 bridgehead atoms. The summed E-state index contributed by atoms with van der Waals surface area (Å²) >= 11 is 11.8. The van der Waals surface area contributed by atoms with E-state index in [1.165, 1.54) is 18.2 Å². The van der Waals surface area contributed by atoms with Gasteiger partial charge in [-0.3, -0.25) is 9.59 Å². The summed E-state index contributed by atoms with van der Waals surface area (Å²) in [5.41, 5.74) is 6.47. The number of fused-ring (bicyclic) bond motifs is 1. The molecule has 2 heterocycles. The van der Waals surface area contributed by atoms with Crippen molar-refractivity contribution in [3.8, 4) is 0 Å². The van der Waals surface area contributed by atoms with Gasteiger partial charge in [0.1, 0.15) is 0 Å². The van der Waals surface area contributed by atoms with E-state index in [4.69, 9.17) is 33.7 Å². The fourth-order valence-corrected chi connectivity index (χ4v) is 2.76. The van der Waals surface area contributed by atoms with E-state index >= 15 is 0 Å². The molecule has 2 unspecified atom stereocenters. The van der Waals surface area contributed by atoms with Crippen molar-refractivity contribution in [3.05, 3.63) is 57.4 Å². The van der Waals surface area contributed by atoms with Crippen LogP contribution in [-0.2, 0) is 9.53 Å². The first-order valence-electron chi connectivity index (χ1n) is 6.12. The Kier molecular flexibility index (Phi) is 3.39. The third-order valence-corrected chi connectivity index (χ3v) is 3.86. The van der Waals surface area contributed by atoms with E-state index in [-0.39, 0.29) is 33.9 Å². The van der Waals surface area contributed by atoms with Gasteiger partial charge in [-0.15, -0.1) is 0 Å². The monoisotopic (exact) mass is 324 g/mol. The van der Waals surface area contributed by atoms with Crippen molar-refractivity contribution in [2.75, 3.05) is 0 Å². The van der Waals surface area contributed by atoms with E-state index in [0.717, 1.165) is 0 Å². The van der Waals surface area contributed by atoms with Gasteiger partial charge in [-0.2, -0.15) is 0 Å². The molecule has 108 valence electrons. The zero-order chi connectivity index (χ0) is 15.1. The zero-order valence-electron chi connectivity index (χ0n) is 10.6. The second-order valence-electron chi connectivity index (χ2n) is 4.67. The number of hydrogen-bond acceptors (Lipinski definition) is 4. The fourth-order valence-electron chi connectivity index (χ4n) is 2.27. The maximum Gasteiger partial charge on any atom is 0.246 e. The number of carbonyl (C=O) groups is 2. The molecule has 3 rings (SSSR count). The highest BCUT2D eigenvalue weighted by molar-refractivity contribution is 6.37. The lowest BCUT2D eigenvalue weighted by molar-refractivity contribution is -0.120. The molecule has 0 spiro atoms. The Labute approximate surface area is 130 Å².